The molecular weight excluding hydrogens is 352 g/mol. The first-order valence-corrected chi connectivity index (χ1v) is 9.88. The van der Waals surface area contributed by atoms with Crippen LogP contribution in [0.25, 0.3) is 0 Å². The predicted molar refractivity (Wildman–Crippen MR) is 90.5 cm³/mol. The molecule has 132 valence electrons. The van der Waals surface area contributed by atoms with Crippen molar-refractivity contribution in [3.63, 3.8) is 0 Å². The third-order valence-electron chi connectivity index (χ3n) is 4.52. The summed E-state index contributed by atoms with van der Waals surface area (Å²) >= 11 is 5.95. The number of aryl methyl sites for hydroxylation is 1. The van der Waals surface area contributed by atoms with Crippen molar-refractivity contribution >= 4 is 27.5 Å². The largest absolute Gasteiger partial charge is 0.368 e. The Morgan fingerprint density at radius 1 is 1.25 bits per heavy atom. The normalized spacial score (nSPS) is 22.8. The van der Waals surface area contributed by atoms with Crippen LogP contribution in [-0.4, -0.2) is 62.4 Å². The summed E-state index contributed by atoms with van der Waals surface area (Å²) in [6, 6.07) is 4.86. The molecule has 0 saturated carbocycles. The lowest BCUT2D eigenvalue weighted by atomic mass is 10.2. The minimum absolute atomic E-state index is 0.0246. The quantitative estimate of drug-likeness (QED) is 0.809. The molecule has 2 heterocycles. The number of ether oxygens (including phenoxy) is 1. The van der Waals surface area contributed by atoms with E-state index in [1.165, 1.54) is 10.4 Å². The number of benzene rings is 1. The van der Waals surface area contributed by atoms with Crippen molar-refractivity contribution in [3.8, 4) is 0 Å². The Labute approximate surface area is 147 Å². The molecule has 2 aliphatic heterocycles. The second-order valence-corrected chi connectivity index (χ2v) is 8.48. The second-order valence-electron chi connectivity index (χ2n) is 6.14. The number of hydrogen-bond donors (Lipinski definition) is 0. The van der Waals surface area contributed by atoms with Gasteiger partial charge in [-0.05, 0) is 37.5 Å². The topological polar surface area (TPSA) is 66.9 Å². The molecule has 1 aromatic carbocycles. The average molecular weight is 373 g/mol. The zero-order chi connectivity index (χ0) is 17.3. The van der Waals surface area contributed by atoms with Gasteiger partial charge in [-0.15, -0.1) is 0 Å². The molecule has 6 nitrogen and oxygen atoms in total. The number of amides is 1. The molecule has 0 aromatic heterocycles. The van der Waals surface area contributed by atoms with Crippen LogP contribution in [0.5, 0.6) is 0 Å². The van der Waals surface area contributed by atoms with Crippen molar-refractivity contribution < 1.29 is 17.9 Å². The highest BCUT2D eigenvalue weighted by Crippen LogP contribution is 2.25. The molecule has 2 aliphatic rings. The molecule has 0 unspecified atom stereocenters. The number of carbonyl (C=O) groups is 1. The highest BCUT2D eigenvalue weighted by atomic mass is 35.5. The van der Waals surface area contributed by atoms with Crippen molar-refractivity contribution in [1.82, 2.24) is 9.21 Å². The predicted octanol–water partition coefficient (Wildman–Crippen LogP) is 1.66. The summed E-state index contributed by atoms with van der Waals surface area (Å²) < 4.78 is 32.5. The smallest absolute Gasteiger partial charge is 0.251 e. The number of halogens is 1. The molecule has 0 bridgehead atoms. The summed E-state index contributed by atoms with van der Waals surface area (Å²) in [5, 5.41) is 0.395. The molecule has 0 spiro atoms. The van der Waals surface area contributed by atoms with E-state index in [0.717, 1.165) is 12.8 Å². The zero-order valence-electron chi connectivity index (χ0n) is 13.6. The van der Waals surface area contributed by atoms with Crippen molar-refractivity contribution in [2.45, 2.75) is 30.8 Å². The number of nitrogens with zero attached hydrogens (tertiary/aromatic N) is 2. The van der Waals surface area contributed by atoms with E-state index in [0.29, 0.717) is 30.3 Å². The Morgan fingerprint density at radius 3 is 2.58 bits per heavy atom. The van der Waals surface area contributed by atoms with E-state index >= 15 is 0 Å². The Morgan fingerprint density at radius 2 is 1.96 bits per heavy atom. The van der Waals surface area contributed by atoms with Gasteiger partial charge in [0.15, 0.2) is 0 Å². The van der Waals surface area contributed by atoms with Crippen LogP contribution in [0.15, 0.2) is 23.1 Å². The number of carbonyl (C=O) groups excluding carboxylic acids is 1. The Kier molecular flexibility index (Phi) is 5.15. The van der Waals surface area contributed by atoms with E-state index in [2.05, 4.69) is 0 Å². The van der Waals surface area contributed by atoms with Crippen molar-refractivity contribution in [2.75, 3.05) is 32.8 Å². The molecular formula is C16H21ClN2O4S. The van der Waals surface area contributed by atoms with E-state index in [9.17, 15) is 13.2 Å². The molecule has 8 heteroatoms. The molecule has 2 saturated heterocycles. The summed E-state index contributed by atoms with van der Waals surface area (Å²) in [7, 11) is -3.60. The van der Waals surface area contributed by atoms with Crippen LogP contribution in [0.4, 0.5) is 0 Å². The molecule has 2 fully saturated rings. The van der Waals surface area contributed by atoms with Gasteiger partial charge < -0.3 is 9.64 Å². The summed E-state index contributed by atoms with van der Waals surface area (Å²) in [6.45, 7) is 3.72. The van der Waals surface area contributed by atoms with Gasteiger partial charge >= 0.3 is 0 Å². The van der Waals surface area contributed by atoms with Crippen molar-refractivity contribution in [2.24, 2.45) is 0 Å². The third kappa shape index (κ3) is 3.44. The van der Waals surface area contributed by atoms with Gasteiger partial charge in [0.05, 0.1) is 4.90 Å². The van der Waals surface area contributed by atoms with E-state index in [4.69, 9.17) is 16.3 Å². The van der Waals surface area contributed by atoms with E-state index in [-0.39, 0.29) is 30.0 Å². The summed E-state index contributed by atoms with van der Waals surface area (Å²) in [4.78, 5) is 14.3. The molecule has 24 heavy (non-hydrogen) atoms. The Balaban J connectivity index is 1.69. The maximum Gasteiger partial charge on any atom is 0.251 e. The standard InChI is InChI=1S/C16H21ClN2O4S/c1-12-4-5-13(17)11-15(12)24(21,22)19-8-6-18(7-9-19)16(20)14-3-2-10-23-14/h4-5,11,14H,2-3,6-10H2,1H3/t14-/m1/s1. The molecule has 1 amide bonds. The lowest BCUT2D eigenvalue weighted by molar-refractivity contribution is -0.142. The van der Waals surface area contributed by atoms with E-state index in [1.807, 2.05) is 0 Å². The van der Waals surface area contributed by atoms with Crippen LogP contribution in [0.3, 0.4) is 0 Å². The zero-order valence-corrected chi connectivity index (χ0v) is 15.1. The molecule has 3 rings (SSSR count). The molecule has 1 aromatic rings. The first kappa shape index (κ1) is 17.7. The molecule has 1 atom stereocenters. The third-order valence-corrected chi connectivity index (χ3v) is 6.80. The summed E-state index contributed by atoms with van der Waals surface area (Å²) in [6.07, 6.45) is 1.29. The maximum atomic E-state index is 12.8. The number of hydrogen-bond acceptors (Lipinski definition) is 4. The van der Waals surface area contributed by atoms with Crippen LogP contribution in [0.1, 0.15) is 18.4 Å². The Bertz CT molecular complexity index is 724. The minimum Gasteiger partial charge on any atom is -0.368 e. The molecule has 0 radical (unpaired) electrons. The van der Waals surface area contributed by atoms with Gasteiger partial charge in [0.1, 0.15) is 6.10 Å². The number of rotatable bonds is 3. The van der Waals surface area contributed by atoms with Gasteiger partial charge in [0.2, 0.25) is 10.0 Å². The van der Waals surface area contributed by atoms with Gasteiger partial charge in [-0.2, -0.15) is 4.31 Å². The first-order chi connectivity index (χ1) is 11.4. The first-order valence-electron chi connectivity index (χ1n) is 8.06. The lowest BCUT2D eigenvalue weighted by Gasteiger charge is -2.35. The van der Waals surface area contributed by atoms with Crippen LogP contribution < -0.4 is 0 Å². The Hall–Kier alpha value is -1.15. The number of piperazine rings is 1. The fraction of sp³-hybridized carbons (Fsp3) is 0.562. The van der Waals surface area contributed by atoms with Gasteiger partial charge in [-0.1, -0.05) is 17.7 Å². The van der Waals surface area contributed by atoms with Crippen molar-refractivity contribution in [1.29, 1.82) is 0 Å². The van der Waals surface area contributed by atoms with E-state index in [1.54, 1.807) is 24.0 Å². The highest BCUT2D eigenvalue weighted by molar-refractivity contribution is 7.89. The fourth-order valence-corrected chi connectivity index (χ4v) is 5.03. The highest BCUT2D eigenvalue weighted by Gasteiger charge is 2.34. The van der Waals surface area contributed by atoms with Gasteiger partial charge in [0, 0.05) is 37.8 Å². The van der Waals surface area contributed by atoms with Gasteiger partial charge in [-0.25, -0.2) is 8.42 Å². The lowest BCUT2D eigenvalue weighted by Crippen LogP contribution is -2.52. The summed E-state index contributed by atoms with van der Waals surface area (Å²) in [5.41, 5.74) is 0.664. The van der Waals surface area contributed by atoms with E-state index < -0.39 is 10.0 Å². The SMILES string of the molecule is Cc1ccc(Cl)cc1S(=O)(=O)N1CCN(C(=O)[C@H]2CCCO2)CC1. The van der Waals surface area contributed by atoms with Crippen LogP contribution in [0, 0.1) is 6.92 Å². The van der Waals surface area contributed by atoms with Gasteiger partial charge in [-0.3, -0.25) is 4.79 Å². The van der Waals surface area contributed by atoms with Crippen LogP contribution in [0.2, 0.25) is 5.02 Å². The molecule has 0 aliphatic carbocycles. The fourth-order valence-electron chi connectivity index (χ4n) is 3.12. The molecule has 0 N–H and O–H groups in total. The number of sulfonamides is 1. The minimum atomic E-state index is -3.60. The summed E-state index contributed by atoms with van der Waals surface area (Å²) in [5.74, 6) is -0.0246. The van der Waals surface area contributed by atoms with Crippen LogP contribution in [-0.2, 0) is 19.6 Å². The second kappa shape index (κ2) is 7.00. The van der Waals surface area contributed by atoms with Crippen molar-refractivity contribution in [3.05, 3.63) is 28.8 Å². The van der Waals surface area contributed by atoms with Crippen LogP contribution >= 0.6 is 11.6 Å². The average Bonchev–Trinajstić information content (AvgIpc) is 3.11. The maximum absolute atomic E-state index is 12.8. The van der Waals surface area contributed by atoms with Gasteiger partial charge in [0.25, 0.3) is 5.91 Å². The monoisotopic (exact) mass is 372 g/mol.